The topological polar surface area (TPSA) is 61.8 Å². The first-order valence-corrected chi connectivity index (χ1v) is 9.22. The summed E-state index contributed by atoms with van der Waals surface area (Å²) in [7, 11) is 0. The summed E-state index contributed by atoms with van der Waals surface area (Å²) in [6.07, 6.45) is -0.0127. The van der Waals surface area contributed by atoms with Gasteiger partial charge in [-0.3, -0.25) is 14.5 Å². The number of aliphatic imine (C=N–C) groups is 1. The van der Waals surface area contributed by atoms with Crippen molar-refractivity contribution in [2.45, 2.75) is 18.6 Å². The van der Waals surface area contributed by atoms with Crippen molar-refractivity contribution in [2.24, 2.45) is 4.99 Å². The van der Waals surface area contributed by atoms with Gasteiger partial charge < -0.3 is 5.32 Å². The second-order valence-corrected chi connectivity index (χ2v) is 6.96. The van der Waals surface area contributed by atoms with Crippen LogP contribution in [0.1, 0.15) is 13.3 Å². The van der Waals surface area contributed by atoms with E-state index in [0.29, 0.717) is 17.4 Å². The van der Waals surface area contributed by atoms with Crippen molar-refractivity contribution in [1.29, 1.82) is 0 Å². The average molecular weight is 389 g/mol. The van der Waals surface area contributed by atoms with Gasteiger partial charge in [0.2, 0.25) is 11.8 Å². The first-order chi connectivity index (χ1) is 13.0. The smallest absolute Gasteiger partial charge is 0.238 e. The zero-order valence-electron chi connectivity index (χ0n) is 14.5. The van der Waals surface area contributed by atoms with Crippen LogP contribution >= 0.6 is 11.8 Å². The number of rotatable bonds is 4. The summed E-state index contributed by atoms with van der Waals surface area (Å²) in [4.78, 5) is 30.8. The second kappa shape index (κ2) is 8.30. The average Bonchev–Trinajstić information content (AvgIpc) is 2.65. The van der Waals surface area contributed by atoms with Gasteiger partial charge in [0.15, 0.2) is 5.17 Å². The maximum atomic E-state index is 13.8. The quantitative estimate of drug-likeness (QED) is 0.861. The predicted octanol–water partition coefficient (Wildman–Crippen LogP) is 3.95. The van der Waals surface area contributed by atoms with Crippen molar-refractivity contribution in [3.8, 4) is 0 Å². The molecule has 2 aromatic carbocycles. The summed E-state index contributed by atoms with van der Waals surface area (Å²) in [6.45, 7) is 2.20. The minimum Gasteiger partial charge on any atom is -0.323 e. The number of amides is 2. The van der Waals surface area contributed by atoms with Gasteiger partial charge in [0.05, 0.1) is 11.4 Å². The van der Waals surface area contributed by atoms with Gasteiger partial charge in [-0.05, 0) is 43.3 Å². The number of amidine groups is 1. The number of thioether (sulfide) groups is 1. The van der Waals surface area contributed by atoms with Gasteiger partial charge in [-0.15, -0.1) is 0 Å². The molecule has 0 bridgehead atoms. The fraction of sp³-hybridized carbons (Fsp3) is 0.211. The lowest BCUT2D eigenvalue weighted by atomic mass is 10.2. The van der Waals surface area contributed by atoms with Gasteiger partial charge in [0.25, 0.3) is 0 Å². The van der Waals surface area contributed by atoms with Crippen LogP contribution in [0.25, 0.3) is 0 Å². The van der Waals surface area contributed by atoms with Gasteiger partial charge in [0, 0.05) is 13.0 Å². The standard InChI is InChI=1S/C19H17F2N3O2S/c1-2-24-17(25)11-16(18(26)23-15-6-4-3-5-14(15)21)27-19(24)22-13-9-7-12(20)8-10-13/h3-10,16H,2,11H2,1H3,(H,23,26). The lowest BCUT2D eigenvalue weighted by Crippen LogP contribution is -2.45. The first-order valence-electron chi connectivity index (χ1n) is 8.34. The molecule has 0 aliphatic carbocycles. The molecule has 5 nitrogen and oxygen atoms in total. The molecular formula is C19H17F2N3O2S. The van der Waals surface area contributed by atoms with Crippen LogP contribution in [0.3, 0.4) is 0 Å². The molecule has 1 N–H and O–H groups in total. The molecule has 140 valence electrons. The van der Waals surface area contributed by atoms with Crippen molar-refractivity contribution in [1.82, 2.24) is 4.90 Å². The Morgan fingerprint density at radius 3 is 2.59 bits per heavy atom. The summed E-state index contributed by atoms with van der Waals surface area (Å²) < 4.78 is 26.8. The second-order valence-electron chi connectivity index (χ2n) is 5.79. The molecule has 8 heteroatoms. The summed E-state index contributed by atoms with van der Waals surface area (Å²) >= 11 is 1.13. The third-order valence-electron chi connectivity index (χ3n) is 3.93. The molecule has 2 aromatic rings. The van der Waals surface area contributed by atoms with E-state index in [9.17, 15) is 18.4 Å². The van der Waals surface area contributed by atoms with Gasteiger partial charge in [-0.1, -0.05) is 23.9 Å². The van der Waals surface area contributed by atoms with Crippen LogP contribution in [0, 0.1) is 11.6 Å². The number of anilines is 1. The summed E-state index contributed by atoms with van der Waals surface area (Å²) in [5, 5.41) is 2.13. The largest absolute Gasteiger partial charge is 0.323 e. The van der Waals surface area contributed by atoms with Crippen LogP contribution in [0.15, 0.2) is 53.5 Å². The Balaban J connectivity index is 1.81. The Morgan fingerprint density at radius 1 is 1.22 bits per heavy atom. The Hall–Kier alpha value is -2.74. The maximum Gasteiger partial charge on any atom is 0.238 e. The number of carbonyl (C=O) groups is 2. The van der Waals surface area contributed by atoms with Gasteiger partial charge in [0.1, 0.15) is 16.9 Å². The molecule has 3 rings (SSSR count). The highest BCUT2D eigenvalue weighted by atomic mass is 32.2. The van der Waals surface area contributed by atoms with Crippen LogP contribution < -0.4 is 5.32 Å². The van der Waals surface area contributed by atoms with E-state index in [1.807, 2.05) is 0 Å². The number of para-hydroxylation sites is 1. The molecule has 0 aromatic heterocycles. The Morgan fingerprint density at radius 2 is 1.93 bits per heavy atom. The van der Waals surface area contributed by atoms with Crippen molar-refractivity contribution < 1.29 is 18.4 Å². The zero-order valence-corrected chi connectivity index (χ0v) is 15.3. The zero-order chi connectivity index (χ0) is 19.4. The van der Waals surface area contributed by atoms with Crippen LogP contribution in [-0.2, 0) is 9.59 Å². The van der Waals surface area contributed by atoms with E-state index in [0.717, 1.165) is 11.8 Å². The van der Waals surface area contributed by atoms with Crippen molar-refractivity contribution >= 4 is 40.1 Å². The molecule has 0 saturated carbocycles. The van der Waals surface area contributed by atoms with E-state index < -0.39 is 17.0 Å². The third kappa shape index (κ3) is 4.51. The van der Waals surface area contributed by atoms with E-state index in [1.165, 1.54) is 47.4 Å². The van der Waals surface area contributed by atoms with Crippen molar-refractivity contribution in [3.63, 3.8) is 0 Å². The number of benzene rings is 2. The number of carbonyl (C=O) groups excluding carboxylic acids is 2. The fourth-order valence-corrected chi connectivity index (χ4v) is 3.72. The Labute approximate surface area is 159 Å². The minimum atomic E-state index is -0.737. The molecule has 1 aliphatic heterocycles. The molecule has 27 heavy (non-hydrogen) atoms. The van der Waals surface area contributed by atoms with Crippen LogP contribution in [0.2, 0.25) is 0 Å². The number of halogens is 2. The highest BCUT2D eigenvalue weighted by Gasteiger charge is 2.35. The van der Waals surface area contributed by atoms with Crippen LogP contribution in [-0.4, -0.2) is 33.7 Å². The summed E-state index contributed by atoms with van der Waals surface area (Å²) in [5.74, 6) is -1.65. The highest BCUT2D eigenvalue weighted by Crippen LogP contribution is 2.30. The lowest BCUT2D eigenvalue weighted by Gasteiger charge is -2.30. The molecule has 1 saturated heterocycles. The summed E-state index contributed by atoms with van der Waals surface area (Å²) in [5.41, 5.74) is 0.533. The molecule has 1 aliphatic rings. The molecule has 1 fully saturated rings. The van der Waals surface area contributed by atoms with Gasteiger partial charge in [-0.25, -0.2) is 13.8 Å². The molecule has 1 unspecified atom stereocenters. The van der Waals surface area contributed by atoms with E-state index in [1.54, 1.807) is 13.0 Å². The number of hydrogen-bond donors (Lipinski definition) is 1. The van der Waals surface area contributed by atoms with E-state index in [2.05, 4.69) is 10.3 Å². The summed E-state index contributed by atoms with van der Waals surface area (Å²) in [6, 6.07) is 11.4. The molecule has 1 atom stereocenters. The van der Waals surface area contributed by atoms with Gasteiger partial charge in [-0.2, -0.15) is 0 Å². The highest BCUT2D eigenvalue weighted by molar-refractivity contribution is 8.15. The molecule has 0 spiro atoms. The Bertz CT molecular complexity index is 887. The van der Waals surface area contributed by atoms with E-state index in [-0.39, 0.29) is 23.8 Å². The van der Waals surface area contributed by atoms with Crippen LogP contribution in [0.4, 0.5) is 20.2 Å². The SMILES string of the molecule is CCN1C(=O)CC(C(=O)Nc2ccccc2F)SC1=Nc1ccc(F)cc1. The van der Waals surface area contributed by atoms with Crippen LogP contribution in [0.5, 0.6) is 0 Å². The number of nitrogens with one attached hydrogen (secondary N) is 1. The minimum absolute atomic E-state index is 0.0127. The van der Waals surface area contributed by atoms with E-state index >= 15 is 0 Å². The third-order valence-corrected chi connectivity index (χ3v) is 5.12. The van der Waals surface area contributed by atoms with Crippen molar-refractivity contribution in [3.05, 3.63) is 60.2 Å². The Kier molecular flexibility index (Phi) is 5.85. The number of hydrogen-bond acceptors (Lipinski definition) is 4. The normalized spacial score (nSPS) is 18.6. The maximum absolute atomic E-state index is 13.8. The van der Waals surface area contributed by atoms with E-state index in [4.69, 9.17) is 0 Å². The van der Waals surface area contributed by atoms with Crippen molar-refractivity contribution in [2.75, 3.05) is 11.9 Å². The number of nitrogens with zero attached hydrogens (tertiary/aromatic N) is 2. The first kappa shape index (κ1) is 19.0. The lowest BCUT2D eigenvalue weighted by molar-refractivity contribution is -0.129. The van der Waals surface area contributed by atoms with Gasteiger partial charge >= 0.3 is 0 Å². The predicted molar refractivity (Wildman–Crippen MR) is 102 cm³/mol. The fourth-order valence-electron chi connectivity index (χ4n) is 2.55. The molecule has 2 amide bonds. The molecular weight excluding hydrogens is 372 g/mol. The molecule has 1 heterocycles. The molecule has 0 radical (unpaired) electrons. The monoisotopic (exact) mass is 389 g/mol.